The van der Waals surface area contributed by atoms with Crippen molar-refractivity contribution in [1.82, 2.24) is 10.6 Å². The molecule has 0 aromatic heterocycles. The highest BCUT2D eigenvalue weighted by Crippen LogP contribution is 2.28. The van der Waals surface area contributed by atoms with Crippen LogP contribution in [-0.4, -0.2) is 23.8 Å². The van der Waals surface area contributed by atoms with E-state index in [-0.39, 0.29) is 12.1 Å². The van der Waals surface area contributed by atoms with Crippen LogP contribution in [0.25, 0.3) is 0 Å². The lowest BCUT2D eigenvalue weighted by molar-refractivity contribution is 0.0522. The maximum absolute atomic E-state index is 11.8. The van der Waals surface area contributed by atoms with Crippen LogP contribution >= 0.6 is 15.9 Å². The van der Waals surface area contributed by atoms with E-state index >= 15 is 0 Å². The number of amides is 1. The minimum absolute atomic E-state index is 0.166. The Balaban J connectivity index is 1.82. The predicted molar refractivity (Wildman–Crippen MR) is 91.9 cm³/mol. The molecule has 1 aliphatic carbocycles. The van der Waals surface area contributed by atoms with Crippen molar-refractivity contribution < 1.29 is 9.53 Å². The van der Waals surface area contributed by atoms with Crippen LogP contribution in [0.5, 0.6) is 0 Å². The fourth-order valence-corrected chi connectivity index (χ4v) is 2.67. The summed E-state index contributed by atoms with van der Waals surface area (Å²) in [6.07, 6.45) is 1.63. The van der Waals surface area contributed by atoms with Crippen molar-refractivity contribution >= 4 is 22.0 Å². The maximum atomic E-state index is 11.8. The Labute approximate surface area is 141 Å². The second-order valence-electron chi connectivity index (χ2n) is 6.77. The van der Waals surface area contributed by atoms with E-state index in [1.165, 1.54) is 5.56 Å². The van der Waals surface area contributed by atoms with Gasteiger partial charge in [-0.3, -0.25) is 0 Å². The van der Waals surface area contributed by atoms with Gasteiger partial charge in [-0.2, -0.15) is 0 Å². The van der Waals surface area contributed by atoms with Gasteiger partial charge in [0.25, 0.3) is 0 Å². The van der Waals surface area contributed by atoms with E-state index in [0.29, 0.717) is 12.1 Å². The monoisotopic (exact) mass is 368 g/mol. The van der Waals surface area contributed by atoms with Crippen LogP contribution < -0.4 is 10.6 Å². The zero-order valence-corrected chi connectivity index (χ0v) is 15.2. The molecule has 22 heavy (non-hydrogen) atoms. The minimum atomic E-state index is -0.453. The molecule has 1 aromatic rings. The maximum Gasteiger partial charge on any atom is 0.407 e. The molecular weight excluding hydrogens is 344 g/mol. The van der Waals surface area contributed by atoms with E-state index in [9.17, 15) is 4.79 Å². The average Bonchev–Trinajstić information content (AvgIpc) is 3.12. The lowest BCUT2D eigenvalue weighted by atomic mass is 10.0. The van der Waals surface area contributed by atoms with Crippen LogP contribution in [0.3, 0.4) is 0 Å². The summed E-state index contributed by atoms with van der Waals surface area (Å²) in [4.78, 5) is 11.8. The molecule has 2 rings (SSSR count). The Morgan fingerprint density at radius 1 is 1.32 bits per heavy atom. The van der Waals surface area contributed by atoms with Crippen molar-refractivity contribution in [2.45, 2.75) is 64.3 Å². The molecule has 2 N–H and O–H groups in total. The summed E-state index contributed by atoms with van der Waals surface area (Å²) < 4.78 is 6.37. The van der Waals surface area contributed by atoms with E-state index in [0.717, 1.165) is 17.3 Å². The van der Waals surface area contributed by atoms with Crippen molar-refractivity contribution in [2.24, 2.45) is 0 Å². The summed E-state index contributed by atoms with van der Waals surface area (Å²) in [5, 5.41) is 6.53. The number of benzene rings is 1. The number of nitrogens with one attached hydrogen (secondary N) is 2. The molecule has 1 fully saturated rings. The molecule has 4 nitrogen and oxygen atoms in total. The van der Waals surface area contributed by atoms with Gasteiger partial charge in [0.1, 0.15) is 5.60 Å². The Hall–Kier alpha value is -1.07. The van der Waals surface area contributed by atoms with Gasteiger partial charge in [-0.1, -0.05) is 35.0 Å². The van der Waals surface area contributed by atoms with Crippen LogP contribution in [0.1, 0.15) is 52.1 Å². The molecule has 5 heteroatoms. The molecule has 0 saturated heterocycles. The molecule has 3 atom stereocenters. The van der Waals surface area contributed by atoms with Gasteiger partial charge >= 0.3 is 6.09 Å². The van der Waals surface area contributed by atoms with Gasteiger partial charge < -0.3 is 15.4 Å². The molecule has 0 radical (unpaired) electrons. The Morgan fingerprint density at radius 2 is 1.95 bits per heavy atom. The first-order chi connectivity index (χ1) is 10.3. The number of halogens is 1. The van der Waals surface area contributed by atoms with Crippen LogP contribution in [0.2, 0.25) is 0 Å². The summed E-state index contributed by atoms with van der Waals surface area (Å²) >= 11 is 3.46. The molecule has 0 bridgehead atoms. The minimum Gasteiger partial charge on any atom is -0.444 e. The fraction of sp³-hybridized carbons (Fsp3) is 0.588. The Kier molecular flexibility index (Phi) is 5.50. The van der Waals surface area contributed by atoms with Gasteiger partial charge in [-0.05, 0) is 51.3 Å². The van der Waals surface area contributed by atoms with Crippen molar-refractivity contribution in [3.05, 3.63) is 34.3 Å². The van der Waals surface area contributed by atoms with Gasteiger partial charge in [0.15, 0.2) is 0 Å². The smallest absolute Gasteiger partial charge is 0.407 e. The normalized spacial score (nSPS) is 22.0. The summed E-state index contributed by atoms with van der Waals surface area (Å²) in [6, 6.07) is 9.17. The van der Waals surface area contributed by atoms with Crippen LogP contribution in [0.4, 0.5) is 4.79 Å². The number of carbonyl (C=O) groups excluding carboxylic acids is 1. The van der Waals surface area contributed by atoms with E-state index in [1.807, 2.05) is 20.8 Å². The molecule has 1 aromatic carbocycles. The molecule has 0 spiro atoms. The molecule has 3 unspecified atom stereocenters. The van der Waals surface area contributed by atoms with Crippen LogP contribution in [-0.2, 0) is 4.74 Å². The van der Waals surface area contributed by atoms with Crippen molar-refractivity contribution in [2.75, 3.05) is 0 Å². The lowest BCUT2D eigenvalue weighted by Crippen LogP contribution is -2.37. The standard InChI is InChI=1S/C17H25BrN2O2/c1-5-13(11-6-8-12(18)9-7-11)19-14-10-15(14)20-16(21)22-17(2,3)4/h6-9,13-15,19H,5,10H2,1-4H3,(H,20,21). The SMILES string of the molecule is CCC(NC1CC1NC(=O)OC(C)(C)C)c1ccc(Br)cc1. The topological polar surface area (TPSA) is 50.4 Å². The second kappa shape index (κ2) is 7.01. The first-order valence-electron chi connectivity index (χ1n) is 7.79. The highest BCUT2D eigenvalue weighted by atomic mass is 79.9. The largest absolute Gasteiger partial charge is 0.444 e. The molecule has 1 saturated carbocycles. The lowest BCUT2D eigenvalue weighted by Gasteiger charge is -2.20. The summed E-state index contributed by atoms with van der Waals surface area (Å²) in [5.74, 6) is 0. The van der Waals surface area contributed by atoms with E-state index < -0.39 is 5.60 Å². The third-order valence-electron chi connectivity index (χ3n) is 3.59. The molecule has 0 aliphatic heterocycles. The first kappa shape index (κ1) is 17.3. The first-order valence-corrected chi connectivity index (χ1v) is 8.59. The zero-order chi connectivity index (χ0) is 16.3. The Morgan fingerprint density at radius 3 is 2.50 bits per heavy atom. The van der Waals surface area contributed by atoms with Gasteiger partial charge in [-0.25, -0.2) is 4.79 Å². The van der Waals surface area contributed by atoms with Gasteiger partial charge in [0.2, 0.25) is 0 Å². The number of alkyl carbamates (subject to hydrolysis) is 1. The molecule has 0 heterocycles. The highest BCUT2D eigenvalue weighted by Gasteiger charge is 2.40. The van der Waals surface area contributed by atoms with Crippen molar-refractivity contribution in [3.8, 4) is 0 Å². The third-order valence-corrected chi connectivity index (χ3v) is 4.12. The average molecular weight is 369 g/mol. The van der Waals surface area contributed by atoms with E-state index in [4.69, 9.17) is 4.74 Å². The van der Waals surface area contributed by atoms with Gasteiger partial charge in [-0.15, -0.1) is 0 Å². The summed E-state index contributed by atoms with van der Waals surface area (Å²) in [7, 11) is 0. The second-order valence-corrected chi connectivity index (χ2v) is 7.69. The van der Waals surface area contributed by atoms with Crippen molar-refractivity contribution in [1.29, 1.82) is 0 Å². The van der Waals surface area contributed by atoms with Crippen LogP contribution in [0, 0.1) is 0 Å². The molecule has 1 aliphatic rings. The number of rotatable bonds is 5. The predicted octanol–water partition coefficient (Wildman–Crippen LogP) is 4.16. The van der Waals surface area contributed by atoms with Crippen molar-refractivity contribution in [3.63, 3.8) is 0 Å². The van der Waals surface area contributed by atoms with Crippen LogP contribution in [0.15, 0.2) is 28.7 Å². The highest BCUT2D eigenvalue weighted by molar-refractivity contribution is 9.10. The number of hydrogen-bond acceptors (Lipinski definition) is 3. The quantitative estimate of drug-likeness (QED) is 0.820. The Bertz CT molecular complexity index is 510. The fourth-order valence-electron chi connectivity index (χ4n) is 2.40. The zero-order valence-electron chi connectivity index (χ0n) is 13.7. The molecule has 122 valence electrons. The number of ether oxygens (including phenoxy) is 1. The summed E-state index contributed by atoms with van der Waals surface area (Å²) in [5.41, 5.74) is 0.819. The van der Waals surface area contributed by atoms with Gasteiger partial charge in [0.05, 0.1) is 0 Å². The number of carbonyl (C=O) groups is 1. The molecule has 1 amide bonds. The third kappa shape index (κ3) is 5.29. The number of hydrogen-bond donors (Lipinski definition) is 2. The van der Waals surface area contributed by atoms with E-state index in [1.54, 1.807) is 0 Å². The molecular formula is C17H25BrN2O2. The summed E-state index contributed by atoms with van der Waals surface area (Å²) in [6.45, 7) is 7.78. The van der Waals surface area contributed by atoms with Gasteiger partial charge in [0, 0.05) is 22.6 Å². The van der Waals surface area contributed by atoms with E-state index in [2.05, 4.69) is 57.8 Å².